The summed E-state index contributed by atoms with van der Waals surface area (Å²) in [6.45, 7) is 8.21. The van der Waals surface area contributed by atoms with Crippen molar-refractivity contribution in [3.8, 4) is 0 Å². The largest absolute Gasteiger partial charge is 0.461 e. The van der Waals surface area contributed by atoms with Crippen molar-refractivity contribution in [2.24, 2.45) is 16.6 Å². The minimum atomic E-state index is -0.495. The number of Topliss-reactive ketones (excluding diaryl/α,β-unsaturated/α-hetero) is 1. The predicted molar refractivity (Wildman–Crippen MR) is 142 cm³/mol. The fourth-order valence-corrected chi connectivity index (χ4v) is 4.33. The van der Waals surface area contributed by atoms with E-state index in [4.69, 9.17) is 22.1 Å². The van der Waals surface area contributed by atoms with Gasteiger partial charge < -0.3 is 10.5 Å². The summed E-state index contributed by atoms with van der Waals surface area (Å²) in [7, 11) is 0. The Kier molecular flexibility index (Phi) is 15.2. The van der Waals surface area contributed by atoms with Crippen LogP contribution in [0, 0.1) is 5.92 Å². The quantitative estimate of drug-likeness (QED) is 0.271. The summed E-state index contributed by atoms with van der Waals surface area (Å²) >= 11 is 6.20. The first-order valence-corrected chi connectivity index (χ1v) is 13.1. The molecule has 0 aliphatic heterocycles. The van der Waals surface area contributed by atoms with Gasteiger partial charge in [0.05, 0.1) is 13.2 Å². The molecule has 1 atom stereocenters. The van der Waals surface area contributed by atoms with Gasteiger partial charge in [0, 0.05) is 16.3 Å². The van der Waals surface area contributed by atoms with Crippen LogP contribution in [0.2, 0.25) is 5.02 Å². The van der Waals surface area contributed by atoms with E-state index in [1.54, 1.807) is 6.92 Å². The third-order valence-electron chi connectivity index (χ3n) is 5.88. The van der Waals surface area contributed by atoms with Gasteiger partial charge in [-0.3, -0.25) is 9.79 Å². The number of carbonyl (C=O) groups excluding carboxylic acids is 2. The molecule has 0 aromatic heterocycles. The second-order valence-corrected chi connectivity index (χ2v) is 9.28. The van der Waals surface area contributed by atoms with Crippen molar-refractivity contribution in [1.29, 1.82) is 0 Å². The maximum atomic E-state index is 11.6. The Morgan fingerprint density at radius 2 is 1.79 bits per heavy atom. The van der Waals surface area contributed by atoms with E-state index in [1.807, 2.05) is 12.1 Å². The number of hydrogen-bond acceptors (Lipinski definition) is 5. The zero-order valence-electron chi connectivity index (χ0n) is 21.5. The van der Waals surface area contributed by atoms with Gasteiger partial charge in [-0.25, -0.2) is 4.79 Å². The van der Waals surface area contributed by atoms with Crippen molar-refractivity contribution in [1.82, 2.24) is 0 Å². The number of aliphatic imine (C=N–C) groups is 1. The molecule has 34 heavy (non-hydrogen) atoms. The van der Waals surface area contributed by atoms with Gasteiger partial charge in [-0.2, -0.15) is 0 Å². The van der Waals surface area contributed by atoms with Crippen LogP contribution >= 0.6 is 11.6 Å². The predicted octanol–water partition coefficient (Wildman–Crippen LogP) is 6.86. The fourth-order valence-electron chi connectivity index (χ4n) is 4.12. The van der Waals surface area contributed by atoms with Crippen molar-refractivity contribution in [3.63, 3.8) is 0 Å². The number of benzene rings is 1. The number of ether oxygens (including phenoxy) is 1. The molecule has 0 amide bonds. The highest BCUT2D eigenvalue weighted by atomic mass is 35.5. The first kappa shape index (κ1) is 29.9. The van der Waals surface area contributed by atoms with Crippen LogP contribution in [0.4, 0.5) is 0 Å². The lowest BCUT2D eigenvalue weighted by atomic mass is 9.90. The number of ketones is 1. The van der Waals surface area contributed by atoms with Gasteiger partial charge in [-0.1, -0.05) is 75.8 Å². The molecule has 1 aromatic rings. The molecule has 1 unspecified atom stereocenters. The van der Waals surface area contributed by atoms with Crippen molar-refractivity contribution in [2.75, 3.05) is 13.2 Å². The van der Waals surface area contributed by atoms with Crippen LogP contribution in [0.25, 0.3) is 0 Å². The molecule has 0 radical (unpaired) electrons. The first-order valence-electron chi connectivity index (χ1n) is 12.8. The summed E-state index contributed by atoms with van der Waals surface area (Å²) in [5.74, 6) is 0.317. The smallest absolute Gasteiger partial charge is 0.354 e. The number of nitrogens with zero attached hydrogens (tertiary/aromatic N) is 1. The Morgan fingerprint density at radius 1 is 1.09 bits per heavy atom. The Hall–Kier alpha value is -2.14. The highest BCUT2D eigenvalue weighted by molar-refractivity contribution is 6.31. The zero-order chi connectivity index (χ0) is 25.3. The van der Waals surface area contributed by atoms with E-state index >= 15 is 0 Å². The standard InChI is InChI=1S/C15H23Cl.C13H20N2O3/c1-3-5-9-13(8-4-2)12-14-10-6-7-11-15(14)16;1-3-18-13(17)12(14)10-6-4-5-7-11(10)15-8-9(2)16/h6-7,10-11,13H,3-5,8-9,12H2,1-2H3;3-8,14H2,1-2H3/b;12-10-,15-11?. The number of halogens is 1. The van der Waals surface area contributed by atoms with Crippen LogP contribution < -0.4 is 5.73 Å². The lowest BCUT2D eigenvalue weighted by Gasteiger charge is -2.18. The lowest BCUT2D eigenvalue weighted by molar-refractivity contribution is -0.138. The van der Waals surface area contributed by atoms with Crippen molar-refractivity contribution in [2.45, 2.75) is 91.9 Å². The van der Waals surface area contributed by atoms with E-state index in [1.165, 1.54) is 44.6 Å². The molecule has 1 aliphatic rings. The third-order valence-corrected chi connectivity index (χ3v) is 6.25. The molecule has 0 spiro atoms. The van der Waals surface area contributed by atoms with E-state index in [0.717, 1.165) is 54.3 Å². The van der Waals surface area contributed by atoms with Gasteiger partial charge in [0.2, 0.25) is 0 Å². The molecule has 1 fully saturated rings. The average Bonchev–Trinajstić information content (AvgIpc) is 2.83. The van der Waals surface area contributed by atoms with E-state index in [9.17, 15) is 9.59 Å². The molecule has 6 heteroatoms. The molecule has 1 saturated carbocycles. The van der Waals surface area contributed by atoms with Crippen LogP contribution in [0.5, 0.6) is 0 Å². The second-order valence-electron chi connectivity index (χ2n) is 8.88. The molecule has 0 heterocycles. The number of rotatable bonds is 11. The van der Waals surface area contributed by atoms with Gasteiger partial charge in [-0.05, 0) is 63.5 Å². The van der Waals surface area contributed by atoms with Gasteiger partial charge in [0.1, 0.15) is 5.70 Å². The molecule has 2 rings (SSSR count). The minimum Gasteiger partial charge on any atom is -0.461 e. The van der Waals surface area contributed by atoms with E-state index in [0.29, 0.717) is 6.61 Å². The summed E-state index contributed by atoms with van der Waals surface area (Å²) in [5, 5.41) is 0.931. The Balaban J connectivity index is 0.000000342. The molecule has 5 nitrogen and oxygen atoms in total. The summed E-state index contributed by atoms with van der Waals surface area (Å²) in [6.07, 6.45) is 11.2. The topological polar surface area (TPSA) is 81.8 Å². The van der Waals surface area contributed by atoms with Gasteiger partial charge in [-0.15, -0.1) is 0 Å². The number of nitrogens with two attached hydrogens (primary N) is 1. The fraction of sp³-hybridized carbons (Fsp3) is 0.607. The van der Waals surface area contributed by atoms with Gasteiger partial charge >= 0.3 is 5.97 Å². The van der Waals surface area contributed by atoms with Crippen LogP contribution in [0.3, 0.4) is 0 Å². The van der Waals surface area contributed by atoms with E-state index < -0.39 is 5.97 Å². The number of hydrogen-bond donors (Lipinski definition) is 1. The Morgan fingerprint density at radius 3 is 2.41 bits per heavy atom. The molecular weight excluding hydrogens is 448 g/mol. The molecule has 2 N–H and O–H groups in total. The maximum Gasteiger partial charge on any atom is 0.354 e. The molecule has 0 bridgehead atoms. The zero-order valence-corrected chi connectivity index (χ0v) is 22.3. The van der Waals surface area contributed by atoms with Crippen molar-refractivity contribution < 1.29 is 14.3 Å². The molecule has 0 saturated heterocycles. The van der Waals surface area contributed by atoms with Crippen LogP contribution in [-0.4, -0.2) is 30.6 Å². The van der Waals surface area contributed by atoms with Crippen molar-refractivity contribution >= 4 is 29.1 Å². The van der Waals surface area contributed by atoms with Gasteiger partial charge in [0.25, 0.3) is 0 Å². The Bertz CT molecular complexity index is 833. The molecular formula is C28H43ClN2O3. The number of esters is 1. The van der Waals surface area contributed by atoms with Crippen molar-refractivity contribution in [3.05, 3.63) is 46.1 Å². The number of unbranched alkanes of at least 4 members (excludes halogenated alkanes) is 1. The highest BCUT2D eigenvalue weighted by Gasteiger charge is 2.20. The van der Waals surface area contributed by atoms with Crippen LogP contribution in [-0.2, 0) is 20.7 Å². The molecule has 1 aliphatic carbocycles. The summed E-state index contributed by atoms with van der Waals surface area (Å²) < 4.78 is 4.89. The normalized spacial score (nSPS) is 16.9. The summed E-state index contributed by atoms with van der Waals surface area (Å²) in [5.41, 5.74) is 8.80. The number of allylic oxidation sites excluding steroid dienone is 1. The van der Waals surface area contributed by atoms with Gasteiger partial charge in [0.15, 0.2) is 5.78 Å². The number of carbonyl (C=O) groups is 2. The summed E-state index contributed by atoms with van der Waals surface area (Å²) in [6, 6.07) is 8.26. The van der Waals surface area contributed by atoms with Crippen LogP contribution in [0.15, 0.2) is 40.5 Å². The first-order chi connectivity index (χ1) is 16.3. The average molecular weight is 491 g/mol. The highest BCUT2D eigenvalue weighted by Crippen LogP contribution is 2.25. The van der Waals surface area contributed by atoms with E-state index in [-0.39, 0.29) is 18.0 Å². The second kappa shape index (κ2) is 17.3. The molecule has 1 aromatic carbocycles. The minimum absolute atomic E-state index is 0.00197. The maximum absolute atomic E-state index is 11.6. The Labute approximate surface area is 211 Å². The SMILES string of the molecule is CCCCC(CCC)Cc1ccccc1Cl.CCOC(=O)/C(N)=C1\CCCCC1=NCC(C)=O. The monoisotopic (exact) mass is 490 g/mol. The lowest BCUT2D eigenvalue weighted by Crippen LogP contribution is -2.23. The van der Waals surface area contributed by atoms with Crippen LogP contribution in [0.1, 0.15) is 91.0 Å². The molecule has 190 valence electrons. The summed E-state index contributed by atoms with van der Waals surface area (Å²) in [4.78, 5) is 26.8. The third kappa shape index (κ3) is 11.3. The van der Waals surface area contributed by atoms with E-state index in [2.05, 4.69) is 31.0 Å².